The average molecular weight is 457 g/mol. The second-order valence-electron chi connectivity index (χ2n) is 4.43. The Kier molecular flexibility index (Phi) is 5.53. The molecule has 0 saturated heterocycles. The largest absolute Gasteiger partial charge is 0.315 e. The highest BCUT2D eigenvalue weighted by atomic mass is 127. The van der Waals surface area contributed by atoms with Crippen molar-refractivity contribution in [3.05, 3.63) is 43.3 Å². The molecule has 2 N–H and O–H groups in total. The van der Waals surface area contributed by atoms with Gasteiger partial charge in [0, 0.05) is 20.0 Å². The van der Waals surface area contributed by atoms with E-state index in [4.69, 9.17) is 11.6 Å². The lowest BCUT2D eigenvalue weighted by Gasteiger charge is -2.08. The first-order valence-electron chi connectivity index (χ1n) is 6.05. The molecule has 0 amide bonds. The molecule has 0 spiro atoms. The normalized spacial score (nSPS) is 11.6. The Balaban J connectivity index is 2.32. The zero-order valence-electron chi connectivity index (χ0n) is 11.4. The fourth-order valence-corrected chi connectivity index (χ4v) is 5.59. The molecule has 1 aromatic carbocycles. The first-order valence-corrected chi connectivity index (χ1v) is 9.81. The van der Waals surface area contributed by atoms with Crippen LogP contribution < -0.4 is 10.0 Å². The molecular formula is C13H14ClIN2O2S2. The van der Waals surface area contributed by atoms with E-state index in [1.165, 1.54) is 11.3 Å². The summed E-state index contributed by atoms with van der Waals surface area (Å²) in [5, 5.41) is 3.61. The maximum Gasteiger partial charge on any atom is 0.271 e. The Morgan fingerprint density at radius 3 is 2.67 bits per heavy atom. The van der Waals surface area contributed by atoms with E-state index >= 15 is 0 Å². The summed E-state index contributed by atoms with van der Waals surface area (Å²) >= 11 is 9.21. The molecule has 0 aliphatic rings. The molecule has 21 heavy (non-hydrogen) atoms. The van der Waals surface area contributed by atoms with Crippen LogP contribution in [0.4, 0.5) is 5.69 Å². The molecular weight excluding hydrogens is 443 g/mol. The number of aryl methyl sites for hydroxylation is 1. The van der Waals surface area contributed by atoms with Gasteiger partial charge in [-0.3, -0.25) is 4.72 Å². The third-order valence-electron chi connectivity index (χ3n) is 2.78. The third-order valence-corrected chi connectivity index (χ3v) is 6.98. The van der Waals surface area contributed by atoms with Crippen LogP contribution in [0.15, 0.2) is 28.5 Å². The summed E-state index contributed by atoms with van der Waals surface area (Å²) in [5.41, 5.74) is 1.50. The highest BCUT2D eigenvalue weighted by Gasteiger charge is 2.19. The topological polar surface area (TPSA) is 58.2 Å². The number of rotatable bonds is 5. The van der Waals surface area contributed by atoms with Crippen molar-refractivity contribution in [3.63, 3.8) is 0 Å². The Morgan fingerprint density at radius 1 is 1.33 bits per heavy atom. The SMILES string of the molecule is CNCc1sc(S(=O)(=O)Nc2ccc(Cl)cc2I)cc1C. The van der Waals surface area contributed by atoms with E-state index < -0.39 is 10.0 Å². The van der Waals surface area contributed by atoms with Gasteiger partial charge >= 0.3 is 0 Å². The van der Waals surface area contributed by atoms with Crippen molar-refractivity contribution in [2.75, 3.05) is 11.8 Å². The lowest BCUT2D eigenvalue weighted by molar-refractivity contribution is 0.603. The van der Waals surface area contributed by atoms with Crippen LogP contribution in [0.25, 0.3) is 0 Å². The van der Waals surface area contributed by atoms with E-state index in [1.54, 1.807) is 24.3 Å². The molecule has 1 heterocycles. The first-order chi connectivity index (χ1) is 9.83. The summed E-state index contributed by atoms with van der Waals surface area (Å²) in [6.45, 7) is 2.57. The molecule has 2 rings (SSSR count). The van der Waals surface area contributed by atoms with Gasteiger partial charge in [-0.05, 0) is 66.4 Å². The number of sulfonamides is 1. The molecule has 0 saturated carbocycles. The summed E-state index contributed by atoms with van der Waals surface area (Å²) in [4.78, 5) is 1.02. The van der Waals surface area contributed by atoms with Crippen molar-refractivity contribution in [1.82, 2.24) is 5.32 Å². The van der Waals surface area contributed by atoms with E-state index in [0.717, 1.165) is 14.0 Å². The minimum absolute atomic E-state index is 0.316. The lowest BCUT2D eigenvalue weighted by atomic mass is 10.3. The molecule has 1 aromatic heterocycles. The number of benzene rings is 1. The van der Waals surface area contributed by atoms with Crippen molar-refractivity contribution in [3.8, 4) is 0 Å². The molecule has 0 bridgehead atoms. The van der Waals surface area contributed by atoms with Crippen molar-refractivity contribution < 1.29 is 8.42 Å². The molecule has 4 nitrogen and oxygen atoms in total. The predicted molar refractivity (Wildman–Crippen MR) is 96.8 cm³/mol. The fraction of sp³-hybridized carbons (Fsp3) is 0.231. The van der Waals surface area contributed by atoms with Gasteiger partial charge in [0.25, 0.3) is 10.0 Å². The standard InChI is InChI=1S/C13H14ClIN2O2S2/c1-8-5-13(20-12(8)7-16-2)21(18,19)17-11-4-3-9(14)6-10(11)15/h3-6,16-17H,7H2,1-2H3. The van der Waals surface area contributed by atoms with Gasteiger partial charge in [0.1, 0.15) is 4.21 Å². The number of hydrogen-bond acceptors (Lipinski definition) is 4. The van der Waals surface area contributed by atoms with Gasteiger partial charge in [0.15, 0.2) is 0 Å². The molecule has 0 atom stereocenters. The number of anilines is 1. The smallest absolute Gasteiger partial charge is 0.271 e. The van der Waals surface area contributed by atoms with Crippen LogP contribution in [-0.2, 0) is 16.6 Å². The first kappa shape index (κ1) is 17.0. The summed E-state index contributed by atoms with van der Waals surface area (Å²) in [6.07, 6.45) is 0. The number of thiophene rings is 1. The lowest BCUT2D eigenvalue weighted by Crippen LogP contribution is -2.12. The van der Waals surface area contributed by atoms with Crippen LogP contribution in [0.5, 0.6) is 0 Å². The minimum Gasteiger partial charge on any atom is -0.315 e. The second kappa shape index (κ2) is 6.82. The second-order valence-corrected chi connectivity index (χ2v) is 9.08. The van der Waals surface area contributed by atoms with Gasteiger partial charge in [-0.15, -0.1) is 11.3 Å². The van der Waals surface area contributed by atoms with Crippen LogP contribution in [0.3, 0.4) is 0 Å². The van der Waals surface area contributed by atoms with E-state index in [9.17, 15) is 8.42 Å². The molecule has 2 aromatic rings. The zero-order valence-corrected chi connectivity index (χ0v) is 16.0. The quantitative estimate of drug-likeness (QED) is 0.672. The van der Waals surface area contributed by atoms with Crippen LogP contribution in [0.2, 0.25) is 5.02 Å². The third kappa shape index (κ3) is 4.10. The fourth-order valence-electron chi connectivity index (χ4n) is 1.72. The maximum absolute atomic E-state index is 12.5. The Labute approximate surface area is 147 Å². The van der Waals surface area contributed by atoms with Gasteiger partial charge in [-0.1, -0.05) is 11.6 Å². The van der Waals surface area contributed by atoms with Gasteiger partial charge in [-0.2, -0.15) is 0 Å². The van der Waals surface area contributed by atoms with E-state index in [-0.39, 0.29) is 0 Å². The van der Waals surface area contributed by atoms with Crippen LogP contribution in [0.1, 0.15) is 10.4 Å². The Bertz CT molecular complexity index is 760. The number of nitrogens with one attached hydrogen (secondary N) is 2. The van der Waals surface area contributed by atoms with Gasteiger partial charge in [0.2, 0.25) is 0 Å². The molecule has 0 aliphatic heterocycles. The van der Waals surface area contributed by atoms with Gasteiger partial charge < -0.3 is 5.32 Å². The van der Waals surface area contributed by atoms with Crippen molar-refractivity contribution >= 4 is 61.2 Å². The maximum atomic E-state index is 12.5. The highest BCUT2D eigenvalue weighted by Crippen LogP contribution is 2.29. The molecule has 0 radical (unpaired) electrons. The molecule has 0 unspecified atom stereocenters. The minimum atomic E-state index is -3.58. The van der Waals surface area contributed by atoms with E-state index in [2.05, 4.69) is 32.6 Å². The number of hydrogen-bond donors (Lipinski definition) is 2. The highest BCUT2D eigenvalue weighted by molar-refractivity contribution is 14.1. The average Bonchev–Trinajstić information content (AvgIpc) is 2.76. The van der Waals surface area contributed by atoms with E-state index in [0.29, 0.717) is 21.5 Å². The summed E-state index contributed by atoms with van der Waals surface area (Å²) in [5.74, 6) is 0. The van der Waals surface area contributed by atoms with Crippen molar-refractivity contribution in [1.29, 1.82) is 0 Å². The summed E-state index contributed by atoms with van der Waals surface area (Å²) in [6, 6.07) is 6.73. The van der Waals surface area contributed by atoms with Crippen LogP contribution >= 0.6 is 45.5 Å². The zero-order chi connectivity index (χ0) is 15.6. The summed E-state index contributed by atoms with van der Waals surface area (Å²) in [7, 11) is -1.74. The van der Waals surface area contributed by atoms with Gasteiger partial charge in [-0.25, -0.2) is 8.42 Å². The molecule has 0 aliphatic carbocycles. The van der Waals surface area contributed by atoms with E-state index in [1.807, 2.05) is 14.0 Å². The summed E-state index contributed by atoms with van der Waals surface area (Å²) < 4.78 is 28.6. The van der Waals surface area contributed by atoms with Crippen LogP contribution in [0, 0.1) is 10.5 Å². The monoisotopic (exact) mass is 456 g/mol. The van der Waals surface area contributed by atoms with Gasteiger partial charge in [0.05, 0.1) is 5.69 Å². The Hall–Kier alpha value is -0.350. The molecule has 114 valence electrons. The number of halogens is 2. The van der Waals surface area contributed by atoms with Crippen molar-refractivity contribution in [2.24, 2.45) is 0 Å². The molecule has 8 heteroatoms. The van der Waals surface area contributed by atoms with Crippen LogP contribution in [-0.4, -0.2) is 15.5 Å². The van der Waals surface area contributed by atoms with Crippen molar-refractivity contribution in [2.45, 2.75) is 17.7 Å². The predicted octanol–water partition coefficient (Wildman–Crippen LogP) is 3.83. The molecule has 0 fully saturated rings. The Morgan fingerprint density at radius 2 is 2.05 bits per heavy atom.